The van der Waals surface area contributed by atoms with Gasteiger partial charge in [-0.3, -0.25) is 4.40 Å². The van der Waals surface area contributed by atoms with E-state index in [1.807, 2.05) is 28.7 Å². The van der Waals surface area contributed by atoms with Crippen LogP contribution in [0.5, 0.6) is 0 Å². The molecule has 0 aliphatic carbocycles. The van der Waals surface area contributed by atoms with Crippen LogP contribution in [0, 0.1) is 11.6 Å². The number of thiazole rings is 1. The van der Waals surface area contributed by atoms with Crippen LogP contribution in [0.15, 0.2) is 72.8 Å². The molecule has 3 nitrogen and oxygen atoms in total. The fourth-order valence-electron chi connectivity index (χ4n) is 3.14. The molecular weight excluding hydrogens is 364 g/mol. The normalized spacial score (nSPS) is 11.3. The second kappa shape index (κ2) is 6.17. The van der Waals surface area contributed by atoms with Crippen LogP contribution in [0.4, 0.5) is 20.3 Å². The van der Waals surface area contributed by atoms with Crippen molar-refractivity contribution in [3.05, 3.63) is 84.4 Å². The highest BCUT2D eigenvalue weighted by Crippen LogP contribution is 2.38. The third-order valence-corrected chi connectivity index (χ3v) is 5.41. The van der Waals surface area contributed by atoms with Crippen LogP contribution < -0.4 is 5.32 Å². The van der Waals surface area contributed by atoms with E-state index in [1.54, 1.807) is 30.3 Å². The Morgan fingerprint density at radius 3 is 2.41 bits per heavy atom. The highest BCUT2D eigenvalue weighted by atomic mass is 32.1. The zero-order valence-corrected chi connectivity index (χ0v) is 14.8. The van der Waals surface area contributed by atoms with E-state index in [4.69, 9.17) is 4.98 Å². The summed E-state index contributed by atoms with van der Waals surface area (Å²) < 4.78 is 30.8. The first-order valence-corrected chi connectivity index (χ1v) is 9.20. The van der Waals surface area contributed by atoms with E-state index in [-0.39, 0.29) is 11.6 Å². The van der Waals surface area contributed by atoms with Crippen LogP contribution >= 0.6 is 11.3 Å². The number of aromatic nitrogens is 2. The number of hydrogen-bond acceptors (Lipinski definition) is 3. The quantitative estimate of drug-likeness (QED) is 0.403. The average Bonchev–Trinajstić information content (AvgIpc) is 3.21. The van der Waals surface area contributed by atoms with Crippen molar-refractivity contribution in [3.63, 3.8) is 0 Å². The summed E-state index contributed by atoms with van der Waals surface area (Å²) in [7, 11) is 0. The lowest BCUT2D eigenvalue weighted by Gasteiger charge is -2.09. The Balaban J connectivity index is 1.79. The van der Waals surface area contributed by atoms with Gasteiger partial charge in [-0.15, -0.1) is 0 Å². The Morgan fingerprint density at radius 1 is 0.852 bits per heavy atom. The molecule has 0 saturated carbocycles. The number of rotatable bonds is 3. The van der Waals surface area contributed by atoms with E-state index in [2.05, 4.69) is 5.32 Å². The lowest BCUT2D eigenvalue weighted by atomic mass is 10.1. The molecule has 0 spiro atoms. The molecular formula is C21H13F2N3S. The van der Waals surface area contributed by atoms with Gasteiger partial charge in [-0.1, -0.05) is 35.6 Å². The summed E-state index contributed by atoms with van der Waals surface area (Å²) in [6.45, 7) is 0. The summed E-state index contributed by atoms with van der Waals surface area (Å²) >= 11 is 1.54. The maximum Gasteiger partial charge on any atom is 0.197 e. The molecule has 5 rings (SSSR count). The van der Waals surface area contributed by atoms with Gasteiger partial charge in [0.1, 0.15) is 23.1 Å². The van der Waals surface area contributed by atoms with Gasteiger partial charge in [0.15, 0.2) is 4.96 Å². The minimum absolute atomic E-state index is 0.311. The molecule has 27 heavy (non-hydrogen) atoms. The van der Waals surface area contributed by atoms with Gasteiger partial charge in [0.25, 0.3) is 0 Å². The van der Waals surface area contributed by atoms with E-state index in [0.717, 1.165) is 15.2 Å². The number of hydrogen-bond donors (Lipinski definition) is 1. The predicted octanol–water partition coefficient (Wildman–Crippen LogP) is 6.24. The number of nitrogens with one attached hydrogen (secondary N) is 1. The van der Waals surface area contributed by atoms with E-state index >= 15 is 0 Å². The number of imidazole rings is 1. The van der Waals surface area contributed by atoms with Gasteiger partial charge in [-0.05, 0) is 48.5 Å². The Labute approximate surface area is 157 Å². The molecule has 0 fully saturated rings. The number of fused-ring (bicyclic) bond motifs is 3. The van der Waals surface area contributed by atoms with Gasteiger partial charge < -0.3 is 5.32 Å². The SMILES string of the molecule is Fc1ccc(Nc2c(-c3ccccc3F)nc3sc4ccccc4n23)cc1. The van der Waals surface area contributed by atoms with E-state index in [9.17, 15) is 8.78 Å². The summed E-state index contributed by atoms with van der Waals surface area (Å²) in [5.74, 6) is 0.00293. The van der Waals surface area contributed by atoms with Crippen molar-refractivity contribution in [1.29, 1.82) is 0 Å². The average molecular weight is 377 g/mol. The Bertz CT molecular complexity index is 1270. The van der Waals surface area contributed by atoms with Crippen molar-refractivity contribution in [2.75, 3.05) is 5.32 Å². The molecule has 5 aromatic rings. The lowest BCUT2D eigenvalue weighted by Crippen LogP contribution is -1.97. The summed E-state index contributed by atoms with van der Waals surface area (Å²) in [6, 6.07) is 20.6. The molecule has 0 bridgehead atoms. The fourth-order valence-corrected chi connectivity index (χ4v) is 4.17. The van der Waals surface area contributed by atoms with Crippen molar-refractivity contribution in [2.24, 2.45) is 0 Å². The number of halogens is 2. The maximum atomic E-state index is 14.5. The van der Waals surface area contributed by atoms with Crippen molar-refractivity contribution in [1.82, 2.24) is 9.38 Å². The first-order valence-electron chi connectivity index (χ1n) is 8.38. The summed E-state index contributed by atoms with van der Waals surface area (Å²) in [5.41, 5.74) is 2.62. The molecule has 3 aromatic carbocycles. The maximum absolute atomic E-state index is 14.5. The molecule has 0 aliphatic heterocycles. The van der Waals surface area contributed by atoms with Gasteiger partial charge in [0.05, 0.1) is 10.2 Å². The number of anilines is 2. The molecule has 0 saturated heterocycles. The van der Waals surface area contributed by atoms with Gasteiger partial charge in [0, 0.05) is 11.3 Å². The highest BCUT2D eigenvalue weighted by molar-refractivity contribution is 7.23. The Kier molecular flexibility index (Phi) is 3.65. The third-order valence-electron chi connectivity index (χ3n) is 4.39. The van der Waals surface area contributed by atoms with Crippen LogP contribution in [0.2, 0.25) is 0 Å². The topological polar surface area (TPSA) is 29.3 Å². The monoisotopic (exact) mass is 377 g/mol. The van der Waals surface area contributed by atoms with Crippen LogP contribution in [0.3, 0.4) is 0 Å². The minimum atomic E-state index is -0.338. The molecule has 0 amide bonds. The largest absolute Gasteiger partial charge is 0.339 e. The van der Waals surface area contributed by atoms with Crippen LogP contribution in [0.25, 0.3) is 26.4 Å². The predicted molar refractivity (Wildman–Crippen MR) is 106 cm³/mol. The fraction of sp³-hybridized carbons (Fsp3) is 0. The van der Waals surface area contributed by atoms with Gasteiger partial charge in [0.2, 0.25) is 0 Å². The van der Waals surface area contributed by atoms with Crippen molar-refractivity contribution in [2.45, 2.75) is 0 Å². The molecule has 132 valence electrons. The summed E-state index contributed by atoms with van der Waals surface area (Å²) in [6.07, 6.45) is 0. The van der Waals surface area contributed by atoms with Gasteiger partial charge in [-0.2, -0.15) is 0 Å². The second-order valence-electron chi connectivity index (χ2n) is 6.11. The third kappa shape index (κ3) is 2.65. The van der Waals surface area contributed by atoms with Crippen molar-refractivity contribution in [3.8, 4) is 11.3 Å². The Morgan fingerprint density at radius 2 is 1.59 bits per heavy atom. The molecule has 0 atom stereocenters. The zero-order chi connectivity index (χ0) is 18.4. The van der Waals surface area contributed by atoms with E-state index in [0.29, 0.717) is 22.8 Å². The first-order chi connectivity index (χ1) is 13.2. The van der Waals surface area contributed by atoms with Gasteiger partial charge >= 0.3 is 0 Å². The summed E-state index contributed by atoms with van der Waals surface area (Å²) in [5, 5.41) is 3.30. The molecule has 0 aliphatic rings. The molecule has 0 radical (unpaired) electrons. The second-order valence-corrected chi connectivity index (χ2v) is 7.12. The standard InChI is InChI=1S/C21H13F2N3S/c22-13-9-11-14(12-10-13)24-20-19(15-5-1-2-6-16(15)23)25-21-26(20)17-7-3-4-8-18(17)27-21/h1-12,24H. The molecule has 6 heteroatoms. The molecule has 0 unspecified atom stereocenters. The number of nitrogens with zero attached hydrogens (tertiary/aromatic N) is 2. The lowest BCUT2D eigenvalue weighted by molar-refractivity contribution is 0.628. The molecule has 1 N–H and O–H groups in total. The van der Waals surface area contributed by atoms with Crippen LogP contribution in [-0.4, -0.2) is 9.38 Å². The molecule has 2 aromatic heterocycles. The molecule has 2 heterocycles. The zero-order valence-electron chi connectivity index (χ0n) is 14.0. The van der Waals surface area contributed by atoms with Crippen LogP contribution in [0.1, 0.15) is 0 Å². The van der Waals surface area contributed by atoms with E-state index in [1.165, 1.54) is 29.5 Å². The highest BCUT2D eigenvalue weighted by Gasteiger charge is 2.20. The Hall–Kier alpha value is -3.25. The minimum Gasteiger partial charge on any atom is -0.339 e. The number of benzene rings is 3. The van der Waals surface area contributed by atoms with Crippen molar-refractivity contribution >= 4 is 38.0 Å². The van der Waals surface area contributed by atoms with Gasteiger partial charge in [-0.25, -0.2) is 13.8 Å². The summed E-state index contributed by atoms with van der Waals surface area (Å²) in [4.78, 5) is 5.46. The van der Waals surface area contributed by atoms with Crippen molar-refractivity contribution < 1.29 is 8.78 Å². The first kappa shape index (κ1) is 16.0. The number of para-hydroxylation sites is 1. The van der Waals surface area contributed by atoms with E-state index < -0.39 is 0 Å². The van der Waals surface area contributed by atoms with Crippen LogP contribution in [-0.2, 0) is 0 Å². The smallest absolute Gasteiger partial charge is 0.197 e.